The van der Waals surface area contributed by atoms with E-state index in [4.69, 9.17) is 11.6 Å². The highest BCUT2D eigenvalue weighted by atomic mass is 35.5. The number of nitroso groups, excluding NO2 is 1. The molecule has 0 aromatic carbocycles. The quantitative estimate of drug-likeness (QED) is 0.300. The van der Waals surface area contributed by atoms with Gasteiger partial charge in [-0.05, 0) is 11.6 Å². The van der Waals surface area contributed by atoms with Gasteiger partial charge < -0.3 is 4.74 Å². The van der Waals surface area contributed by atoms with Crippen LogP contribution in [0, 0.1) is 4.91 Å². The molecule has 0 N–H and O–H groups in total. The Hall–Kier alpha value is -0.900. The molecular weight excluding hydrogens is 156 g/mol. The SMILES string of the molecule is COC1=N[N+](=O)C(Cl)C=C1. The molecule has 4 nitrogen and oxygen atoms in total. The Labute approximate surface area is 62.7 Å². The maximum absolute atomic E-state index is 10.6. The van der Waals surface area contributed by atoms with E-state index in [0.717, 1.165) is 0 Å². The number of hydrogen-bond donors (Lipinski definition) is 0. The summed E-state index contributed by atoms with van der Waals surface area (Å²) in [6, 6.07) is 0. The van der Waals surface area contributed by atoms with E-state index in [1.54, 1.807) is 6.08 Å². The number of nitrogens with zero attached hydrogens (tertiary/aromatic N) is 2. The molecule has 0 aromatic rings. The van der Waals surface area contributed by atoms with Crippen molar-refractivity contribution in [3.63, 3.8) is 0 Å². The van der Waals surface area contributed by atoms with Crippen molar-refractivity contribution >= 4 is 17.5 Å². The van der Waals surface area contributed by atoms with Crippen LogP contribution in [0.1, 0.15) is 0 Å². The first-order chi connectivity index (χ1) is 4.74. The summed E-state index contributed by atoms with van der Waals surface area (Å²) in [5.74, 6) is 0.270. The second-order valence-corrected chi connectivity index (χ2v) is 2.12. The molecule has 1 unspecified atom stereocenters. The first-order valence-electron chi connectivity index (χ1n) is 2.65. The van der Waals surface area contributed by atoms with Crippen molar-refractivity contribution in [2.24, 2.45) is 5.10 Å². The zero-order valence-corrected chi connectivity index (χ0v) is 6.08. The lowest BCUT2D eigenvalue weighted by atomic mass is 10.4. The number of rotatable bonds is 0. The van der Waals surface area contributed by atoms with E-state index in [-0.39, 0.29) is 5.90 Å². The molecule has 0 saturated carbocycles. The van der Waals surface area contributed by atoms with E-state index in [9.17, 15) is 4.91 Å². The van der Waals surface area contributed by atoms with E-state index < -0.39 is 5.50 Å². The molecule has 54 valence electrons. The van der Waals surface area contributed by atoms with Gasteiger partial charge in [0.2, 0.25) is 0 Å². The van der Waals surface area contributed by atoms with Crippen LogP contribution in [0.5, 0.6) is 0 Å². The minimum Gasteiger partial charge on any atom is -0.477 e. The lowest BCUT2D eigenvalue weighted by molar-refractivity contribution is -0.562. The zero-order chi connectivity index (χ0) is 7.56. The highest BCUT2D eigenvalue weighted by molar-refractivity contribution is 6.21. The average Bonchev–Trinajstić information content (AvgIpc) is 1.95. The second-order valence-electron chi connectivity index (χ2n) is 1.68. The maximum atomic E-state index is 10.6. The Kier molecular flexibility index (Phi) is 2.01. The summed E-state index contributed by atoms with van der Waals surface area (Å²) in [6.45, 7) is 0. The Morgan fingerprint density at radius 2 is 2.60 bits per heavy atom. The van der Waals surface area contributed by atoms with Gasteiger partial charge in [-0.15, -0.1) is 0 Å². The summed E-state index contributed by atoms with van der Waals surface area (Å²) in [5, 5.41) is 3.44. The third-order valence-electron chi connectivity index (χ3n) is 1.01. The van der Waals surface area contributed by atoms with Gasteiger partial charge >= 0.3 is 5.50 Å². The molecule has 0 bridgehead atoms. The number of hydrazone groups is 1. The molecular formula is C5H6ClN2O2+. The van der Waals surface area contributed by atoms with E-state index in [0.29, 0.717) is 4.87 Å². The molecule has 1 aliphatic rings. The molecule has 5 heteroatoms. The highest BCUT2D eigenvalue weighted by Gasteiger charge is 2.24. The molecule has 0 fully saturated rings. The smallest absolute Gasteiger partial charge is 0.329 e. The summed E-state index contributed by atoms with van der Waals surface area (Å²) in [6.07, 6.45) is 3.05. The fraction of sp³-hybridized carbons (Fsp3) is 0.400. The molecule has 0 radical (unpaired) electrons. The van der Waals surface area contributed by atoms with Crippen LogP contribution < -0.4 is 0 Å². The summed E-state index contributed by atoms with van der Waals surface area (Å²) in [5.41, 5.74) is -0.709. The Morgan fingerprint density at radius 1 is 1.90 bits per heavy atom. The van der Waals surface area contributed by atoms with Gasteiger partial charge in [-0.3, -0.25) is 0 Å². The summed E-state index contributed by atoms with van der Waals surface area (Å²) >= 11 is 5.45. The van der Waals surface area contributed by atoms with Crippen LogP contribution in [0.2, 0.25) is 0 Å². The van der Waals surface area contributed by atoms with Crippen molar-refractivity contribution in [2.45, 2.75) is 5.50 Å². The monoisotopic (exact) mass is 161 g/mol. The normalized spacial score (nSPS) is 24.4. The third-order valence-corrected chi connectivity index (χ3v) is 1.33. The number of ether oxygens (including phenoxy) is 1. The van der Waals surface area contributed by atoms with Gasteiger partial charge in [-0.25, -0.2) is 0 Å². The van der Waals surface area contributed by atoms with E-state index in [1.807, 2.05) is 0 Å². The number of methoxy groups -OCH3 is 1. The van der Waals surface area contributed by atoms with Crippen LogP contribution in [-0.4, -0.2) is 23.4 Å². The van der Waals surface area contributed by atoms with Crippen molar-refractivity contribution in [1.29, 1.82) is 0 Å². The fourth-order valence-corrected chi connectivity index (χ4v) is 0.646. The number of alkyl halides is 1. The molecule has 0 amide bonds. The molecule has 1 heterocycles. The Bertz CT molecular complexity index is 212. The van der Waals surface area contributed by atoms with Crippen molar-refractivity contribution in [3.8, 4) is 0 Å². The predicted molar refractivity (Wildman–Crippen MR) is 36.9 cm³/mol. The Morgan fingerprint density at radius 3 is 3.10 bits per heavy atom. The minimum absolute atomic E-state index is 0.270. The number of halogens is 1. The largest absolute Gasteiger partial charge is 0.477 e. The van der Waals surface area contributed by atoms with Crippen molar-refractivity contribution in [3.05, 3.63) is 17.1 Å². The topological polar surface area (TPSA) is 41.7 Å². The van der Waals surface area contributed by atoms with Crippen molar-refractivity contribution < 1.29 is 9.61 Å². The van der Waals surface area contributed by atoms with E-state index in [2.05, 4.69) is 9.84 Å². The van der Waals surface area contributed by atoms with Gasteiger partial charge in [0.05, 0.1) is 17.1 Å². The highest BCUT2D eigenvalue weighted by Crippen LogP contribution is 2.06. The van der Waals surface area contributed by atoms with Gasteiger partial charge in [-0.1, -0.05) is 0 Å². The fourth-order valence-electron chi connectivity index (χ4n) is 0.530. The molecule has 0 aromatic heterocycles. The van der Waals surface area contributed by atoms with Crippen LogP contribution in [0.4, 0.5) is 0 Å². The summed E-state index contributed by atoms with van der Waals surface area (Å²) in [4.78, 5) is 11.0. The third kappa shape index (κ3) is 1.33. The molecule has 0 aliphatic carbocycles. The molecule has 0 spiro atoms. The lowest BCUT2D eigenvalue weighted by Gasteiger charge is -1.98. The van der Waals surface area contributed by atoms with Gasteiger partial charge in [0, 0.05) is 12.2 Å². The first-order valence-corrected chi connectivity index (χ1v) is 3.09. The number of hydrogen-bond acceptors (Lipinski definition) is 2. The molecule has 0 saturated heterocycles. The van der Waals surface area contributed by atoms with Gasteiger partial charge in [0.15, 0.2) is 4.87 Å². The summed E-state index contributed by atoms with van der Waals surface area (Å²) in [7, 11) is 1.44. The van der Waals surface area contributed by atoms with Crippen molar-refractivity contribution in [1.82, 2.24) is 0 Å². The molecule has 10 heavy (non-hydrogen) atoms. The van der Waals surface area contributed by atoms with Gasteiger partial charge in [-0.2, -0.15) is 0 Å². The van der Waals surface area contributed by atoms with Crippen LogP contribution in [-0.2, 0) is 4.74 Å². The van der Waals surface area contributed by atoms with Gasteiger partial charge in [0.1, 0.15) is 0 Å². The van der Waals surface area contributed by atoms with Crippen LogP contribution in [0.3, 0.4) is 0 Å². The zero-order valence-electron chi connectivity index (χ0n) is 5.32. The molecule has 1 aliphatic heterocycles. The summed E-state index contributed by atoms with van der Waals surface area (Å²) < 4.78 is 4.67. The standard InChI is InChI=1S/C5H6ClN2O2/c1-10-5-3-2-4(6)8(9)7-5/h2-4H,1H3/q+1. The van der Waals surface area contributed by atoms with E-state index in [1.165, 1.54) is 13.2 Å². The van der Waals surface area contributed by atoms with Crippen LogP contribution >= 0.6 is 11.6 Å². The predicted octanol–water partition coefficient (Wildman–Crippen LogP) is 0.860. The van der Waals surface area contributed by atoms with Crippen LogP contribution in [0.15, 0.2) is 17.3 Å². The minimum atomic E-state index is -0.709. The first kappa shape index (κ1) is 7.21. The average molecular weight is 162 g/mol. The Balaban J connectivity index is 2.76. The van der Waals surface area contributed by atoms with Crippen LogP contribution in [0.25, 0.3) is 0 Å². The lowest BCUT2D eigenvalue weighted by Crippen LogP contribution is -2.17. The second kappa shape index (κ2) is 2.79. The van der Waals surface area contributed by atoms with E-state index >= 15 is 0 Å². The molecule has 1 rings (SSSR count). The maximum Gasteiger partial charge on any atom is 0.329 e. The van der Waals surface area contributed by atoms with Gasteiger partial charge in [0.25, 0.3) is 5.90 Å². The molecule has 1 atom stereocenters. The van der Waals surface area contributed by atoms with Crippen molar-refractivity contribution in [2.75, 3.05) is 7.11 Å².